The minimum Gasteiger partial charge on any atom is -0.496 e. The predicted octanol–water partition coefficient (Wildman–Crippen LogP) is 2.73. The maximum absolute atomic E-state index is 10.1. The van der Waals surface area contributed by atoms with Crippen molar-refractivity contribution in [2.24, 2.45) is 10.9 Å². The quantitative estimate of drug-likeness (QED) is 0.564. The third-order valence-corrected chi connectivity index (χ3v) is 2.32. The fourth-order valence-electron chi connectivity index (χ4n) is 1.74. The molecule has 0 heterocycles. The largest absolute Gasteiger partial charge is 0.496 e. The number of carbonyl (C=O) groups excluding carboxylic acids is 1. The minimum atomic E-state index is 0.332. The van der Waals surface area contributed by atoms with E-state index in [1.165, 1.54) is 0 Å². The topological polar surface area (TPSA) is 38.7 Å². The zero-order valence-corrected chi connectivity index (χ0v) is 9.99. The van der Waals surface area contributed by atoms with Crippen LogP contribution in [0.3, 0.4) is 0 Å². The van der Waals surface area contributed by atoms with Crippen molar-refractivity contribution in [1.82, 2.24) is 0 Å². The van der Waals surface area contributed by atoms with Gasteiger partial charge in [-0.3, -0.25) is 0 Å². The summed E-state index contributed by atoms with van der Waals surface area (Å²) in [4.78, 5) is 13.7. The maximum atomic E-state index is 10.1. The predicted molar refractivity (Wildman–Crippen MR) is 63.4 cm³/mol. The van der Waals surface area contributed by atoms with Crippen LogP contribution in [0.1, 0.15) is 25.0 Å². The molecule has 0 amide bonds. The second kappa shape index (κ2) is 6.09. The van der Waals surface area contributed by atoms with Gasteiger partial charge in [-0.05, 0) is 17.9 Å². The lowest BCUT2D eigenvalue weighted by Gasteiger charge is -2.13. The van der Waals surface area contributed by atoms with Gasteiger partial charge in [0, 0.05) is 5.56 Å². The van der Waals surface area contributed by atoms with Crippen molar-refractivity contribution in [1.29, 1.82) is 0 Å². The zero-order chi connectivity index (χ0) is 12.0. The van der Waals surface area contributed by atoms with Crippen LogP contribution in [-0.4, -0.2) is 13.2 Å². The maximum Gasteiger partial charge on any atom is 0.235 e. The summed E-state index contributed by atoms with van der Waals surface area (Å²) in [5, 5.41) is 0. The zero-order valence-electron chi connectivity index (χ0n) is 9.99. The van der Waals surface area contributed by atoms with Gasteiger partial charge >= 0.3 is 0 Å². The first-order valence-electron chi connectivity index (χ1n) is 5.37. The number of methoxy groups -OCH3 is 1. The third-order valence-electron chi connectivity index (χ3n) is 2.32. The lowest BCUT2D eigenvalue weighted by Crippen LogP contribution is -2.00. The average molecular weight is 219 g/mol. The Morgan fingerprint density at radius 3 is 2.62 bits per heavy atom. The van der Waals surface area contributed by atoms with Gasteiger partial charge in [0.25, 0.3) is 0 Å². The van der Waals surface area contributed by atoms with Crippen LogP contribution >= 0.6 is 0 Å². The Morgan fingerprint density at radius 1 is 1.38 bits per heavy atom. The van der Waals surface area contributed by atoms with Crippen molar-refractivity contribution in [3.63, 3.8) is 0 Å². The van der Waals surface area contributed by atoms with Gasteiger partial charge in [0.05, 0.1) is 13.7 Å². The van der Waals surface area contributed by atoms with Gasteiger partial charge in [0.15, 0.2) is 0 Å². The van der Waals surface area contributed by atoms with E-state index in [1.807, 2.05) is 18.2 Å². The second-order valence-electron chi connectivity index (χ2n) is 4.11. The van der Waals surface area contributed by atoms with Crippen LogP contribution in [-0.2, 0) is 17.8 Å². The molecule has 3 heteroatoms. The van der Waals surface area contributed by atoms with Crippen LogP contribution < -0.4 is 4.74 Å². The molecule has 0 saturated heterocycles. The molecule has 0 aliphatic heterocycles. The minimum absolute atomic E-state index is 0.332. The van der Waals surface area contributed by atoms with E-state index in [1.54, 1.807) is 13.2 Å². The molecule has 0 aromatic heterocycles. The summed E-state index contributed by atoms with van der Waals surface area (Å²) in [7, 11) is 1.65. The van der Waals surface area contributed by atoms with Crippen molar-refractivity contribution in [2.45, 2.75) is 26.8 Å². The van der Waals surface area contributed by atoms with Crippen molar-refractivity contribution < 1.29 is 9.53 Å². The molecule has 1 aromatic rings. The summed E-state index contributed by atoms with van der Waals surface area (Å²) in [6, 6.07) is 5.94. The number of isocyanates is 1. The highest BCUT2D eigenvalue weighted by Crippen LogP contribution is 2.26. The van der Waals surface area contributed by atoms with E-state index in [4.69, 9.17) is 4.74 Å². The molecule has 0 saturated carbocycles. The number of rotatable bonds is 5. The molecule has 1 aromatic carbocycles. The number of nitrogens with zero attached hydrogens (tertiary/aromatic N) is 1. The molecule has 0 unspecified atom stereocenters. The van der Waals surface area contributed by atoms with E-state index in [0.717, 1.165) is 23.3 Å². The molecule has 0 spiro atoms. The summed E-state index contributed by atoms with van der Waals surface area (Å²) in [5.41, 5.74) is 2.10. The molecule has 0 N–H and O–H groups in total. The first-order chi connectivity index (χ1) is 7.69. The van der Waals surface area contributed by atoms with Crippen LogP contribution in [0.15, 0.2) is 23.2 Å². The van der Waals surface area contributed by atoms with Gasteiger partial charge < -0.3 is 4.74 Å². The molecule has 0 atom stereocenters. The first-order valence-corrected chi connectivity index (χ1v) is 5.37. The molecule has 1 rings (SSSR count). The van der Waals surface area contributed by atoms with Crippen molar-refractivity contribution >= 4 is 6.08 Å². The number of ether oxygens (including phenoxy) is 1. The van der Waals surface area contributed by atoms with Crippen LogP contribution in [0.5, 0.6) is 5.75 Å². The highest BCUT2D eigenvalue weighted by atomic mass is 16.5. The van der Waals surface area contributed by atoms with E-state index in [0.29, 0.717) is 12.5 Å². The van der Waals surface area contributed by atoms with Crippen molar-refractivity contribution in [3.05, 3.63) is 29.3 Å². The van der Waals surface area contributed by atoms with E-state index >= 15 is 0 Å². The normalized spacial score (nSPS) is 10.0. The van der Waals surface area contributed by atoms with E-state index < -0.39 is 0 Å². The Kier molecular flexibility index (Phi) is 4.74. The summed E-state index contributed by atoms with van der Waals surface area (Å²) in [5.74, 6) is 1.41. The number of aliphatic imine (C=N–C) groups is 1. The lowest BCUT2D eigenvalue weighted by molar-refractivity contribution is 0.402. The van der Waals surface area contributed by atoms with Crippen LogP contribution in [0.25, 0.3) is 0 Å². The molecular formula is C13H17NO2. The van der Waals surface area contributed by atoms with E-state index in [2.05, 4.69) is 18.8 Å². The van der Waals surface area contributed by atoms with Gasteiger partial charge in [0.2, 0.25) is 6.08 Å². The Labute approximate surface area is 96.2 Å². The molecule has 0 bridgehead atoms. The summed E-state index contributed by atoms with van der Waals surface area (Å²) in [6.07, 6.45) is 2.51. The van der Waals surface area contributed by atoms with Crippen molar-refractivity contribution in [3.8, 4) is 5.75 Å². The Balaban J connectivity index is 3.04. The first kappa shape index (κ1) is 12.5. The van der Waals surface area contributed by atoms with Crippen LogP contribution in [0.2, 0.25) is 0 Å². The van der Waals surface area contributed by atoms with Gasteiger partial charge in [-0.15, -0.1) is 0 Å². The van der Waals surface area contributed by atoms with Crippen molar-refractivity contribution in [2.75, 3.05) is 7.11 Å². The molecule has 86 valence electrons. The van der Waals surface area contributed by atoms with Crippen LogP contribution in [0, 0.1) is 5.92 Å². The fourth-order valence-corrected chi connectivity index (χ4v) is 1.74. The Morgan fingerprint density at radius 2 is 2.06 bits per heavy atom. The van der Waals surface area contributed by atoms with Crippen LogP contribution in [0.4, 0.5) is 0 Å². The standard InChI is InChI=1S/C13H17NO2/c1-10(2)7-11-5-4-6-12(8-14-9-15)13(11)16-3/h4-6,10H,7-8H2,1-3H3. The Hall–Kier alpha value is -1.60. The summed E-state index contributed by atoms with van der Waals surface area (Å²) >= 11 is 0. The monoisotopic (exact) mass is 219 g/mol. The number of hydrogen-bond donors (Lipinski definition) is 0. The molecule has 0 aliphatic rings. The number of hydrogen-bond acceptors (Lipinski definition) is 3. The number of para-hydroxylation sites is 1. The molecule has 3 nitrogen and oxygen atoms in total. The van der Waals surface area contributed by atoms with Gasteiger partial charge in [-0.25, -0.2) is 9.79 Å². The lowest BCUT2D eigenvalue weighted by atomic mass is 9.99. The molecule has 0 fully saturated rings. The third kappa shape index (κ3) is 3.21. The molecule has 0 radical (unpaired) electrons. The Bertz CT molecular complexity index is 393. The van der Waals surface area contributed by atoms with E-state index in [9.17, 15) is 4.79 Å². The highest BCUT2D eigenvalue weighted by molar-refractivity contribution is 5.43. The average Bonchev–Trinajstić information content (AvgIpc) is 2.25. The van der Waals surface area contributed by atoms with Gasteiger partial charge in [-0.2, -0.15) is 0 Å². The molecule has 0 aliphatic carbocycles. The SMILES string of the molecule is COc1c(CN=C=O)cccc1CC(C)C. The molecular weight excluding hydrogens is 202 g/mol. The van der Waals surface area contributed by atoms with Gasteiger partial charge in [0.1, 0.15) is 5.75 Å². The smallest absolute Gasteiger partial charge is 0.235 e. The summed E-state index contributed by atoms with van der Waals surface area (Å²) < 4.78 is 5.38. The highest BCUT2D eigenvalue weighted by Gasteiger charge is 2.09. The number of benzene rings is 1. The molecule has 16 heavy (non-hydrogen) atoms. The van der Waals surface area contributed by atoms with Gasteiger partial charge in [-0.1, -0.05) is 32.0 Å². The summed E-state index contributed by atoms with van der Waals surface area (Å²) in [6.45, 7) is 4.66. The van der Waals surface area contributed by atoms with E-state index in [-0.39, 0.29) is 0 Å². The fraction of sp³-hybridized carbons (Fsp3) is 0.462. The second-order valence-corrected chi connectivity index (χ2v) is 4.11.